The second-order valence-corrected chi connectivity index (χ2v) is 10.1. The first-order chi connectivity index (χ1) is 14.9. The normalized spacial score (nSPS) is 17.2. The van der Waals surface area contributed by atoms with Crippen molar-refractivity contribution in [2.75, 3.05) is 48.1 Å². The number of ether oxygens (including phenoxy) is 1. The summed E-state index contributed by atoms with van der Waals surface area (Å²) in [4.78, 5) is 11.1. The number of hydrogen-bond acceptors (Lipinski definition) is 9. The van der Waals surface area contributed by atoms with E-state index >= 15 is 0 Å². The average Bonchev–Trinajstić information content (AvgIpc) is 3.42. The van der Waals surface area contributed by atoms with E-state index in [1.165, 1.54) is 0 Å². The Hall–Kier alpha value is -2.63. The zero-order valence-electron chi connectivity index (χ0n) is 16.9. The van der Waals surface area contributed by atoms with Gasteiger partial charge in [-0.25, -0.2) is 8.42 Å². The van der Waals surface area contributed by atoms with Gasteiger partial charge in [-0.05, 0) is 31.0 Å². The van der Waals surface area contributed by atoms with Crippen molar-refractivity contribution in [3.05, 3.63) is 23.2 Å². The van der Waals surface area contributed by atoms with E-state index in [0.29, 0.717) is 35.4 Å². The van der Waals surface area contributed by atoms with Crippen LogP contribution < -0.4 is 15.5 Å². The van der Waals surface area contributed by atoms with Crippen molar-refractivity contribution in [3.8, 4) is 0 Å². The van der Waals surface area contributed by atoms with Crippen LogP contribution in [0.2, 0.25) is 5.02 Å². The predicted octanol–water partition coefficient (Wildman–Crippen LogP) is 2.56. The van der Waals surface area contributed by atoms with Crippen LogP contribution >= 0.6 is 11.6 Å². The van der Waals surface area contributed by atoms with E-state index in [1.807, 2.05) is 18.2 Å². The first-order valence-electron chi connectivity index (χ1n) is 10.0. The smallest absolute Gasteiger partial charge is 0.231 e. The van der Waals surface area contributed by atoms with E-state index in [1.54, 1.807) is 0 Å². The van der Waals surface area contributed by atoms with Crippen molar-refractivity contribution in [2.24, 2.45) is 0 Å². The number of sulfone groups is 1. The number of fused-ring (bicyclic) bond motifs is 1. The van der Waals surface area contributed by atoms with Crippen LogP contribution in [0.4, 0.5) is 23.1 Å². The monoisotopic (exact) mass is 463 g/mol. The molecule has 3 N–H and O–H groups in total. The predicted molar refractivity (Wildman–Crippen MR) is 119 cm³/mol. The highest BCUT2D eigenvalue weighted by Crippen LogP contribution is 2.33. The molecular formula is C19H22ClN7O3S. The van der Waals surface area contributed by atoms with Gasteiger partial charge in [0.1, 0.15) is 11.2 Å². The molecule has 5 rings (SSSR count). The molecule has 3 heterocycles. The molecule has 2 aromatic heterocycles. The van der Waals surface area contributed by atoms with Gasteiger partial charge in [-0.2, -0.15) is 15.1 Å². The number of hydrogen-bond donors (Lipinski definition) is 3. The number of rotatable bonds is 6. The van der Waals surface area contributed by atoms with E-state index in [0.717, 1.165) is 43.6 Å². The van der Waals surface area contributed by atoms with E-state index < -0.39 is 9.84 Å². The van der Waals surface area contributed by atoms with E-state index in [9.17, 15) is 8.42 Å². The van der Waals surface area contributed by atoms with Gasteiger partial charge in [0.25, 0.3) is 0 Å². The minimum Gasteiger partial charge on any atom is -0.378 e. The zero-order valence-corrected chi connectivity index (χ0v) is 18.4. The molecule has 1 saturated carbocycles. The van der Waals surface area contributed by atoms with Crippen molar-refractivity contribution in [1.82, 2.24) is 20.2 Å². The van der Waals surface area contributed by atoms with Crippen molar-refractivity contribution in [1.29, 1.82) is 0 Å². The van der Waals surface area contributed by atoms with Crippen molar-refractivity contribution in [2.45, 2.75) is 23.9 Å². The summed E-state index contributed by atoms with van der Waals surface area (Å²) in [5, 5.41) is 14.1. The van der Waals surface area contributed by atoms with Gasteiger partial charge >= 0.3 is 0 Å². The lowest BCUT2D eigenvalue weighted by atomic mass is 10.2. The highest BCUT2D eigenvalue weighted by molar-refractivity contribution is 7.90. The number of aromatic nitrogens is 4. The standard InChI is InChI=1S/C19H22ClN7O3S/c1-31(28,29)18-15-16(21-11-2-3-11)23-19(24-17(15)25-26-18)22-12-4-5-14(13(20)10-12)27-6-8-30-9-7-27/h4-5,10-11H,2-3,6-9H2,1H3,(H3,21,22,23,24,25,26). The summed E-state index contributed by atoms with van der Waals surface area (Å²) in [5.74, 6) is 0.748. The van der Waals surface area contributed by atoms with Gasteiger partial charge in [-0.1, -0.05) is 11.6 Å². The van der Waals surface area contributed by atoms with Gasteiger partial charge in [-0.15, -0.1) is 0 Å². The van der Waals surface area contributed by atoms with Crippen molar-refractivity contribution >= 4 is 55.6 Å². The van der Waals surface area contributed by atoms with Crippen LogP contribution in [0.15, 0.2) is 23.2 Å². The third-order valence-electron chi connectivity index (χ3n) is 5.22. The second kappa shape index (κ2) is 7.81. The summed E-state index contributed by atoms with van der Waals surface area (Å²) in [5.41, 5.74) is 1.95. The fraction of sp³-hybridized carbons (Fsp3) is 0.421. The van der Waals surface area contributed by atoms with Crippen LogP contribution in [0.1, 0.15) is 12.8 Å². The van der Waals surface area contributed by atoms with Gasteiger partial charge in [0.05, 0.1) is 23.9 Å². The first-order valence-corrected chi connectivity index (χ1v) is 12.3. The molecule has 2 aliphatic rings. The molecule has 0 atom stereocenters. The van der Waals surface area contributed by atoms with Crippen LogP contribution in [-0.2, 0) is 14.6 Å². The summed E-state index contributed by atoms with van der Waals surface area (Å²) in [6, 6.07) is 5.95. The number of anilines is 4. The number of aromatic amines is 1. The molecule has 0 radical (unpaired) electrons. The third kappa shape index (κ3) is 4.25. The molecule has 12 heteroatoms. The van der Waals surface area contributed by atoms with Crippen LogP contribution in [-0.4, -0.2) is 67.2 Å². The Morgan fingerprint density at radius 2 is 2.00 bits per heavy atom. The lowest BCUT2D eigenvalue weighted by Gasteiger charge is -2.29. The van der Waals surface area contributed by atoms with E-state index in [-0.39, 0.29) is 16.7 Å². The molecule has 3 aromatic rings. The molecule has 2 fully saturated rings. The molecule has 1 aliphatic carbocycles. The average molecular weight is 464 g/mol. The summed E-state index contributed by atoms with van der Waals surface area (Å²) in [6.45, 7) is 2.95. The Morgan fingerprint density at radius 1 is 1.23 bits per heavy atom. The Morgan fingerprint density at radius 3 is 2.68 bits per heavy atom. The number of nitrogens with one attached hydrogen (secondary N) is 3. The van der Waals surface area contributed by atoms with Crippen LogP contribution in [0, 0.1) is 0 Å². The van der Waals surface area contributed by atoms with E-state index in [4.69, 9.17) is 16.3 Å². The summed E-state index contributed by atoms with van der Waals surface area (Å²) in [6.07, 6.45) is 3.16. The maximum atomic E-state index is 12.1. The lowest BCUT2D eigenvalue weighted by Crippen LogP contribution is -2.36. The quantitative estimate of drug-likeness (QED) is 0.505. The highest BCUT2D eigenvalue weighted by atomic mass is 35.5. The van der Waals surface area contributed by atoms with E-state index in [2.05, 4.69) is 35.7 Å². The van der Waals surface area contributed by atoms with Gasteiger partial charge in [-0.3, -0.25) is 5.10 Å². The van der Waals surface area contributed by atoms with Crippen LogP contribution in [0.3, 0.4) is 0 Å². The minimum atomic E-state index is -3.51. The molecule has 0 bridgehead atoms. The Kier molecular flexibility index (Phi) is 5.11. The maximum Gasteiger partial charge on any atom is 0.231 e. The van der Waals surface area contributed by atoms with Crippen LogP contribution in [0.25, 0.3) is 11.0 Å². The number of H-pyrrole nitrogens is 1. The molecule has 164 valence electrons. The molecular weight excluding hydrogens is 442 g/mol. The molecule has 1 aliphatic heterocycles. The number of benzene rings is 1. The molecule has 31 heavy (non-hydrogen) atoms. The second-order valence-electron chi connectivity index (χ2n) is 7.73. The molecule has 0 spiro atoms. The fourth-order valence-electron chi connectivity index (χ4n) is 3.52. The maximum absolute atomic E-state index is 12.1. The fourth-order valence-corrected chi connectivity index (χ4v) is 4.59. The van der Waals surface area contributed by atoms with Gasteiger partial charge in [0.2, 0.25) is 5.95 Å². The molecule has 1 aromatic carbocycles. The molecule has 1 saturated heterocycles. The Balaban J connectivity index is 1.47. The lowest BCUT2D eigenvalue weighted by molar-refractivity contribution is 0.122. The molecule has 0 amide bonds. The minimum absolute atomic E-state index is 0.00936. The first kappa shape index (κ1) is 20.3. The van der Waals surface area contributed by atoms with Gasteiger partial charge < -0.3 is 20.3 Å². The summed E-state index contributed by atoms with van der Waals surface area (Å²) >= 11 is 6.53. The zero-order chi connectivity index (χ0) is 21.6. The third-order valence-corrected chi connectivity index (χ3v) is 6.56. The summed E-state index contributed by atoms with van der Waals surface area (Å²) < 4.78 is 29.7. The summed E-state index contributed by atoms with van der Waals surface area (Å²) in [7, 11) is -3.51. The van der Waals surface area contributed by atoms with Gasteiger partial charge in [0.15, 0.2) is 20.5 Å². The highest BCUT2D eigenvalue weighted by Gasteiger charge is 2.27. The molecule has 10 nitrogen and oxygen atoms in total. The Labute approximate surface area is 184 Å². The number of morpholine rings is 1. The SMILES string of the molecule is CS(=O)(=O)c1[nH]nc2nc(Nc3ccc(N4CCOCC4)c(Cl)c3)nc(NC3CC3)c12. The molecule has 0 unspecified atom stereocenters. The Bertz CT molecular complexity index is 1240. The largest absolute Gasteiger partial charge is 0.378 e. The number of halogens is 1. The van der Waals surface area contributed by atoms with Crippen LogP contribution in [0.5, 0.6) is 0 Å². The topological polar surface area (TPSA) is 125 Å². The number of nitrogens with zero attached hydrogens (tertiary/aromatic N) is 4. The van der Waals surface area contributed by atoms with Crippen molar-refractivity contribution in [3.63, 3.8) is 0 Å². The van der Waals surface area contributed by atoms with Crippen molar-refractivity contribution < 1.29 is 13.2 Å². The van der Waals surface area contributed by atoms with Gasteiger partial charge in [0, 0.05) is 31.1 Å².